The number of hydrogen-bond acceptors (Lipinski definition) is 19. The zero-order valence-corrected chi connectivity index (χ0v) is 35.0. The highest BCUT2D eigenvalue weighted by Crippen LogP contribution is 2.33. The highest BCUT2D eigenvalue weighted by atomic mass is 32.2. The largest absolute Gasteiger partial charge is 0.396 e. The molecule has 0 aromatic carbocycles. The average Bonchev–Trinajstić information content (AvgIpc) is 3.20. The van der Waals surface area contributed by atoms with Crippen molar-refractivity contribution in [2.24, 2.45) is 5.92 Å². The van der Waals surface area contributed by atoms with Crippen LogP contribution in [0.25, 0.3) is 0 Å². The number of ether oxygens (including phenoxy) is 5. The van der Waals surface area contributed by atoms with Crippen molar-refractivity contribution in [3.63, 3.8) is 0 Å². The van der Waals surface area contributed by atoms with Crippen LogP contribution in [0.5, 0.6) is 0 Å². The first-order chi connectivity index (χ1) is 27.8. The summed E-state index contributed by atoms with van der Waals surface area (Å²) in [7, 11) is 0. The van der Waals surface area contributed by atoms with Crippen LogP contribution >= 0.6 is 23.5 Å². The molecule has 0 spiro atoms. The van der Waals surface area contributed by atoms with Crippen molar-refractivity contribution < 1.29 is 74.7 Å². The first kappa shape index (κ1) is 50.1. The third-order valence-corrected chi connectivity index (χ3v) is 13.8. The molecular formula is C39H70N2O15S2. The van der Waals surface area contributed by atoms with Crippen molar-refractivity contribution in [3.05, 3.63) is 0 Å². The van der Waals surface area contributed by atoms with Crippen LogP contribution in [0.3, 0.4) is 0 Å². The van der Waals surface area contributed by atoms with E-state index >= 15 is 0 Å². The highest BCUT2D eigenvalue weighted by molar-refractivity contribution is 7.99. The third-order valence-electron chi connectivity index (χ3n) is 11.5. The Labute approximate surface area is 350 Å². The summed E-state index contributed by atoms with van der Waals surface area (Å²) >= 11 is 3.30. The van der Waals surface area contributed by atoms with Gasteiger partial charge in [-0.05, 0) is 75.7 Å². The molecule has 58 heavy (non-hydrogen) atoms. The van der Waals surface area contributed by atoms with Crippen LogP contribution in [-0.2, 0) is 23.7 Å². The Morgan fingerprint density at radius 3 is 1.84 bits per heavy atom. The van der Waals surface area contributed by atoms with Crippen LogP contribution in [0, 0.1) is 16.7 Å². The van der Waals surface area contributed by atoms with E-state index in [2.05, 4.69) is 0 Å². The first-order valence-corrected chi connectivity index (χ1v) is 23.3. The van der Waals surface area contributed by atoms with Crippen molar-refractivity contribution in [1.29, 1.82) is 10.8 Å². The second-order valence-electron chi connectivity index (χ2n) is 16.2. The van der Waals surface area contributed by atoms with Crippen LogP contribution in [0.2, 0.25) is 0 Å². The molecule has 0 bridgehead atoms. The Bertz CT molecular complexity index is 1200. The van der Waals surface area contributed by atoms with E-state index in [4.69, 9.17) is 34.5 Å². The lowest BCUT2D eigenvalue weighted by Crippen LogP contribution is -2.60. The quantitative estimate of drug-likeness (QED) is 0.0427. The molecule has 12 N–H and O–H groups in total. The monoisotopic (exact) mass is 870 g/mol. The molecular weight excluding hydrogens is 801 g/mol. The van der Waals surface area contributed by atoms with E-state index < -0.39 is 98.4 Å². The second kappa shape index (κ2) is 26.2. The number of aliphatic hydroxyl groups excluding tert-OH is 10. The molecule has 0 aromatic heterocycles. The normalized spacial score (nSPS) is 38.4. The predicted octanol–water partition coefficient (Wildman–Crippen LogP) is 0.0743. The molecule has 3 heterocycles. The van der Waals surface area contributed by atoms with Gasteiger partial charge in [0.05, 0.1) is 55.9 Å². The Morgan fingerprint density at radius 1 is 0.586 bits per heavy atom. The van der Waals surface area contributed by atoms with Crippen LogP contribution in [0.1, 0.15) is 89.9 Å². The molecule has 1 aliphatic carbocycles. The highest BCUT2D eigenvalue weighted by Gasteiger charge is 2.47. The molecule has 1 saturated carbocycles. The summed E-state index contributed by atoms with van der Waals surface area (Å²) in [6, 6.07) is 0. The molecule has 17 nitrogen and oxygen atoms in total. The molecule has 19 heteroatoms. The molecule has 3 aliphatic heterocycles. The number of nitrogens with one attached hydrogen (secondary N) is 2. The molecule has 0 amide bonds. The average molecular weight is 871 g/mol. The minimum atomic E-state index is -1.55. The van der Waals surface area contributed by atoms with Gasteiger partial charge in [-0.2, -0.15) is 23.5 Å². The van der Waals surface area contributed by atoms with Gasteiger partial charge in [0.1, 0.15) is 36.6 Å². The Balaban J connectivity index is 0.989. The van der Waals surface area contributed by atoms with Gasteiger partial charge in [-0.25, -0.2) is 0 Å². The van der Waals surface area contributed by atoms with Gasteiger partial charge >= 0.3 is 0 Å². The van der Waals surface area contributed by atoms with Crippen LogP contribution in [0.4, 0.5) is 0 Å². The number of rotatable bonds is 25. The van der Waals surface area contributed by atoms with E-state index in [1.165, 1.54) is 0 Å². The van der Waals surface area contributed by atoms with Gasteiger partial charge < -0.3 is 85.6 Å². The minimum absolute atomic E-state index is 0.150. The number of aliphatic hydroxyl groups is 10. The van der Waals surface area contributed by atoms with Gasteiger partial charge in [-0.15, -0.1) is 0 Å². The third kappa shape index (κ3) is 15.7. The van der Waals surface area contributed by atoms with E-state index in [-0.39, 0.29) is 32.2 Å². The van der Waals surface area contributed by atoms with Gasteiger partial charge in [0.25, 0.3) is 0 Å². The summed E-state index contributed by atoms with van der Waals surface area (Å²) in [5.74, 6) is 2.34. The number of unbranched alkanes of at least 4 members (excludes halogenated alkanes) is 3. The fraction of sp³-hybridized carbons (Fsp3) is 0.949. The maximum atomic E-state index is 10.5. The van der Waals surface area contributed by atoms with E-state index in [1.807, 2.05) is 0 Å². The van der Waals surface area contributed by atoms with Crippen molar-refractivity contribution >= 4 is 34.9 Å². The van der Waals surface area contributed by atoms with E-state index in [0.29, 0.717) is 37.2 Å². The SMILES string of the molecule is N=C(CCCCCCC(=N)CCCSCC1OCC(O)CC1OC1OC(CO)C(O)C(O)C1O)CCCSCC1CC(O)C(O)C(OC2C(CO)CCC(O)C2O)O1. The zero-order valence-electron chi connectivity index (χ0n) is 33.4. The maximum Gasteiger partial charge on any atom is 0.187 e. The molecule has 0 radical (unpaired) electrons. The van der Waals surface area contributed by atoms with E-state index in [0.717, 1.165) is 74.3 Å². The molecule has 4 aliphatic rings. The molecule has 16 atom stereocenters. The van der Waals surface area contributed by atoms with Gasteiger partial charge in [0.2, 0.25) is 0 Å². The van der Waals surface area contributed by atoms with Gasteiger partial charge in [0, 0.05) is 48.3 Å². The van der Waals surface area contributed by atoms with Crippen LogP contribution < -0.4 is 0 Å². The van der Waals surface area contributed by atoms with E-state index in [9.17, 15) is 51.1 Å². The van der Waals surface area contributed by atoms with Crippen molar-refractivity contribution in [2.45, 2.75) is 182 Å². The fourth-order valence-corrected chi connectivity index (χ4v) is 9.90. The number of hydrogen-bond donors (Lipinski definition) is 12. The first-order valence-electron chi connectivity index (χ1n) is 21.0. The van der Waals surface area contributed by atoms with Gasteiger partial charge in [0.15, 0.2) is 12.6 Å². The van der Waals surface area contributed by atoms with Crippen molar-refractivity contribution in [1.82, 2.24) is 0 Å². The zero-order chi connectivity index (χ0) is 42.2. The van der Waals surface area contributed by atoms with Crippen molar-refractivity contribution in [2.75, 3.05) is 42.8 Å². The van der Waals surface area contributed by atoms with Gasteiger partial charge in [-0.1, -0.05) is 12.8 Å². The Kier molecular flexibility index (Phi) is 22.6. The minimum Gasteiger partial charge on any atom is -0.396 e. The van der Waals surface area contributed by atoms with Gasteiger partial charge in [-0.3, -0.25) is 0 Å². The standard InChI is InChI=1S/C39H70N2O15S2/c40-23(9-5-13-57-20-26-16-28(46)33(48)38(53-26)56-37-22(17-42)11-12-27(45)32(37)47)7-3-1-2-4-8-24(41)10-6-14-58-21-31-29(15-25(44)19-52-31)54-39-36(51)35(50)34(49)30(18-43)55-39/h22,25-51H,1-21H2. The van der Waals surface area contributed by atoms with E-state index in [1.54, 1.807) is 23.5 Å². The summed E-state index contributed by atoms with van der Waals surface area (Å²) in [6.07, 6.45) is -6.01. The molecule has 16 unspecified atom stereocenters. The Morgan fingerprint density at radius 2 is 1.21 bits per heavy atom. The summed E-state index contributed by atoms with van der Waals surface area (Å²) in [5.41, 5.74) is 1.44. The Hall–Kier alpha value is -0.560. The summed E-state index contributed by atoms with van der Waals surface area (Å²) < 4.78 is 29.0. The topological polar surface area (TPSA) is 296 Å². The lowest BCUT2D eigenvalue weighted by atomic mass is 9.83. The smallest absolute Gasteiger partial charge is 0.187 e. The lowest BCUT2D eigenvalue weighted by molar-refractivity contribution is -0.323. The second-order valence-corrected chi connectivity index (χ2v) is 18.5. The van der Waals surface area contributed by atoms with Crippen molar-refractivity contribution in [3.8, 4) is 0 Å². The van der Waals surface area contributed by atoms with Crippen LogP contribution in [0.15, 0.2) is 0 Å². The molecule has 4 rings (SSSR count). The lowest BCUT2D eigenvalue weighted by Gasteiger charge is -2.43. The molecule has 4 fully saturated rings. The summed E-state index contributed by atoms with van der Waals surface area (Å²) in [5, 5.41) is 118. The molecule has 0 aromatic rings. The maximum absolute atomic E-state index is 10.5. The predicted molar refractivity (Wildman–Crippen MR) is 217 cm³/mol. The fourth-order valence-electron chi connectivity index (χ4n) is 7.85. The summed E-state index contributed by atoms with van der Waals surface area (Å²) in [6.45, 7) is -0.648. The summed E-state index contributed by atoms with van der Waals surface area (Å²) in [4.78, 5) is 0. The van der Waals surface area contributed by atoms with Crippen LogP contribution in [-0.4, -0.2) is 197 Å². The number of thioether (sulfide) groups is 2. The molecule has 3 saturated heterocycles. The molecule has 338 valence electrons.